The number of aryl methyl sites for hydroxylation is 1. The molecule has 2 rings (SSSR count). The van der Waals surface area contributed by atoms with E-state index in [-0.39, 0.29) is 18.4 Å². The number of nitrogens with zero attached hydrogens (tertiary/aromatic N) is 1. The first-order valence-electron chi connectivity index (χ1n) is 4.92. The Kier molecular flexibility index (Phi) is 3.42. The van der Waals surface area contributed by atoms with Crippen molar-refractivity contribution in [2.24, 2.45) is 12.8 Å². The molecule has 1 heterocycles. The molecule has 0 aliphatic carbocycles. The molecule has 82 valence electrons. The van der Waals surface area contributed by atoms with Crippen LogP contribution >= 0.6 is 12.4 Å². The SMILES string of the molecule is Cc1c(C(C)N)c2ccccc2n1C.Cl. The Hall–Kier alpha value is -0.990. The molecule has 1 atom stereocenters. The highest BCUT2D eigenvalue weighted by atomic mass is 35.5. The first-order valence-corrected chi connectivity index (χ1v) is 4.92. The van der Waals surface area contributed by atoms with Gasteiger partial charge in [0, 0.05) is 29.7 Å². The lowest BCUT2D eigenvalue weighted by molar-refractivity contribution is 0.795. The second kappa shape index (κ2) is 4.25. The van der Waals surface area contributed by atoms with Gasteiger partial charge in [0.2, 0.25) is 0 Å². The number of rotatable bonds is 1. The van der Waals surface area contributed by atoms with E-state index in [0.717, 1.165) is 0 Å². The van der Waals surface area contributed by atoms with Gasteiger partial charge in [-0.15, -0.1) is 12.4 Å². The Labute approximate surface area is 96.5 Å². The fourth-order valence-electron chi connectivity index (χ4n) is 2.12. The Balaban J connectivity index is 0.00000112. The molecular weight excluding hydrogens is 208 g/mol. The minimum absolute atomic E-state index is 0. The fraction of sp³-hybridized carbons (Fsp3) is 0.333. The molecule has 0 aliphatic rings. The Bertz CT molecular complexity index is 472. The van der Waals surface area contributed by atoms with Gasteiger partial charge in [-0.1, -0.05) is 18.2 Å². The van der Waals surface area contributed by atoms with E-state index in [2.05, 4.69) is 42.8 Å². The maximum Gasteiger partial charge on any atom is 0.0483 e. The number of para-hydroxylation sites is 1. The Morgan fingerprint density at radius 3 is 2.47 bits per heavy atom. The van der Waals surface area contributed by atoms with Crippen molar-refractivity contribution in [1.82, 2.24) is 4.57 Å². The van der Waals surface area contributed by atoms with E-state index in [9.17, 15) is 0 Å². The van der Waals surface area contributed by atoms with Crippen LogP contribution in [0.2, 0.25) is 0 Å². The third-order valence-corrected chi connectivity index (χ3v) is 2.90. The first kappa shape index (κ1) is 12.1. The predicted molar refractivity (Wildman–Crippen MR) is 67.5 cm³/mol. The second-order valence-corrected chi connectivity index (χ2v) is 3.86. The van der Waals surface area contributed by atoms with Crippen molar-refractivity contribution in [3.63, 3.8) is 0 Å². The lowest BCUT2D eigenvalue weighted by Gasteiger charge is -2.05. The molecule has 0 amide bonds. The number of halogens is 1. The van der Waals surface area contributed by atoms with E-state index in [1.54, 1.807) is 0 Å². The van der Waals surface area contributed by atoms with Crippen LogP contribution < -0.4 is 5.73 Å². The van der Waals surface area contributed by atoms with Gasteiger partial charge in [-0.05, 0) is 25.5 Å². The van der Waals surface area contributed by atoms with Crippen molar-refractivity contribution in [1.29, 1.82) is 0 Å². The molecule has 15 heavy (non-hydrogen) atoms. The summed E-state index contributed by atoms with van der Waals surface area (Å²) in [6, 6.07) is 8.50. The zero-order chi connectivity index (χ0) is 10.3. The number of benzene rings is 1. The molecule has 0 aliphatic heterocycles. The van der Waals surface area contributed by atoms with Crippen LogP contribution in [0.25, 0.3) is 10.9 Å². The van der Waals surface area contributed by atoms with Gasteiger partial charge in [-0.3, -0.25) is 0 Å². The normalized spacial score (nSPS) is 12.5. The van der Waals surface area contributed by atoms with Gasteiger partial charge in [-0.25, -0.2) is 0 Å². The molecule has 2 N–H and O–H groups in total. The molecule has 2 nitrogen and oxygen atoms in total. The summed E-state index contributed by atoms with van der Waals surface area (Å²) in [7, 11) is 2.09. The van der Waals surface area contributed by atoms with E-state index < -0.39 is 0 Å². The quantitative estimate of drug-likeness (QED) is 0.794. The van der Waals surface area contributed by atoms with E-state index in [4.69, 9.17) is 5.73 Å². The highest BCUT2D eigenvalue weighted by Crippen LogP contribution is 2.28. The highest BCUT2D eigenvalue weighted by Gasteiger charge is 2.13. The van der Waals surface area contributed by atoms with E-state index >= 15 is 0 Å². The van der Waals surface area contributed by atoms with Crippen LogP contribution in [0.5, 0.6) is 0 Å². The predicted octanol–water partition coefficient (Wildman–Crippen LogP) is 2.93. The topological polar surface area (TPSA) is 30.9 Å². The first-order chi connectivity index (χ1) is 6.63. The third kappa shape index (κ3) is 1.75. The van der Waals surface area contributed by atoms with Crippen LogP contribution in [0.15, 0.2) is 24.3 Å². The lowest BCUT2D eigenvalue weighted by atomic mass is 10.1. The molecule has 0 spiro atoms. The molecule has 0 bridgehead atoms. The van der Waals surface area contributed by atoms with Gasteiger partial charge >= 0.3 is 0 Å². The maximum absolute atomic E-state index is 5.98. The molecular formula is C12H17ClN2. The maximum atomic E-state index is 5.98. The van der Waals surface area contributed by atoms with Crippen LogP contribution in [-0.4, -0.2) is 4.57 Å². The smallest absolute Gasteiger partial charge is 0.0483 e. The van der Waals surface area contributed by atoms with Crippen molar-refractivity contribution in [3.8, 4) is 0 Å². The second-order valence-electron chi connectivity index (χ2n) is 3.86. The number of hydrogen-bond donors (Lipinski definition) is 1. The number of aromatic nitrogens is 1. The number of hydrogen-bond acceptors (Lipinski definition) is 1. The molecule has 0 fully saturated rings. The molecule has 0 saturated carbocycles. The minimum Gasteiger partial charge on any atom is -0.348 e. The summed E-state index contributed by atoms with van der Waals surface area (Å²) in [4.78, 5) is 0. The van der Waals surface area contributed by atoms with Gasteiger partial charge < -0.3 is 10.3 Å². The lowest BCUT2D eigenvalue weighted by Crippen LogP contribution is -2.06. The van der Waals surface area contributed by atoms with Crippen molar-refractivity contribution >= 4 is 23.3 Å². The van der Waals surface area contributed by atoms with Crippen molar-refractivity contribution in [2.45, 2.75) is 19.9 Å². The van der Waals surface area contributed by atoms with E-state index in [0.29, 0.717) is 0 Å². The summed E-state index contributed by atoms with van der Waals surface area (Å²) in [6.07, 6.45) is 0. The summed E-state index contributed by atoms with van der Waals surface area (Å²) >= 11 is 0. The van der Waals surface area contributed by atoms with Gasteiger partial charge in [0.15, 0.2) is 0 Å². The average molecular weight is 225 g/mol. The zero-order valence-electron chi connectivity index (χ0n) is 9.32. The van der Waals surface area contributed by atoms with Crippen LogP contribution in [0.4, 0.5) is 0 Å². The zero-order valence-corrected chi connectivity index (χ0v) is 10.1. The number of nitrogens with two attached hydrogens (primary N) is 1. The summed E-state index contributed by atoms with van der Waals surface area (Å²) in [5, 5.41) is 1.28. The minimum atomic E-state index is 0. The van der Waals surface area contributed by atoms with Crippen LogP contribution in [0, 0.1) is 6.92 Å². The van der Waals surface area contributed by atoms with Crippen molar-refractivity contribution in [3.05, 3.63) is 35.5 Å². The number of fused-ring (bicyclic) bond motifs is 1. The molecule has 2 aromatic rings. The van der Waals surface area contributed by atoms with Crippen LogP contribution in [0.1, 0.15) is 24.2 Å². The van der Waals surface area contributed by atoms with Gasteiger partial charge in [-0.2, -0.15) is 0 Å². The molecule has 3 heteroatoms. The van der Waals surface area contributed by atoms with Crippen LogP contribution in [0.3, 0.4) is 0 Å². The Morgan fingerprint density at radius 1 is 1.27 bits per heavy atom. The van der Waals surface area contributed by atoms with E-state index in [1.165, 1.54) is 22.2 Å². The van der Waals surface area contributed by atoms with Crippen molar-refractivity contribution < 1.29 is 0 Å². The summed E-state index contributed by atoms with van der Waals surface area (Å²) in [5.74, 6) is 0. The standard InChI is InChI=1S/C12H16N2.ClH/c1-8(13)12-9(2)14(3)11-7-5-4-6-10(11)12;/h4-8H,13H2,1-3H3;1H. The summed E-state index contributed by atoms with van der Waals surface area (Å²) < 4.78 is 2.20. The highest BCUT2D eigenvalue weighted by molar-refractivity contribution is 5.86. The van der Waals surface area contributed by atoms with Gasteiger partial charge in [0.05, 0.1) is 0 Å². The molecule has 0 radical (unpaired) electrons. The molecule has 1 unspecified atom stereocenters. The largest absolute Gasteiger partial charge is 0.348 e. The molecule has 1 aromatic carbocycles. The van der Waals surface area contributed by atoms with Crippen LogP contribution in [-0.2, 0) is 7.05 Å². The van der Waals surface area contributed by atoms with Crippen molar-refractivity contribution in [2.75, 3.05) is 0 Å². The average Bonchev–Trinajstić information content (AvgIpc) is 2.41. The van der Waals surface area contributed by atoms with Gasteiger partial charge in [0.25, 0.3) is 0 Å². The van der Waals surface area contributed by atoms with E-state index in [1.807, 2.05) is 6.92 Å². The monoisotopic (exact) mass is 224 g/mol. The summed E-state index contributed by atoms with van der Waals surface area (Å²) in [5.41, 5.74) is 9.77. The van der Waals surface area contributed by atoms with Gasteiger partial charge in [0.1, 0.15) is 0 Å². The molecule has 0 saturated heterocycles. The molecule has 1 aromatic heterocycles. The fourth-order valence-corrected chi connectivity index (χ4v) is 2.12. The third-order valence-electron chi connectivity index (χ3n) is 2.90. The Morgan fingerprint density at radius 2 is 1.87 bits per heavy atom. The summed E-state index contributed by atoms with van der Waals surface area (Å²) in [6.45, 7) is 4.16.